The number of aromatic nitrogens is 2. The summed E-state index contributed by atoms with van der Waals surface area (Å²) in [5, 5.41) is 12.4. The zero-order valence-electron chi connectivity index (χ0n) is 14.1. The van der Waals surface area contributed by atoms with E-state index in [0.29, 0.717) is 28.2 Å². The molecule has 26 heavy (non-hydrogen) atoms. The molecule has 0 radical (unpaired) electrons. The molecule has 3 rings (SSSR count). The molecule has 2 heterocycles. The first-order valence-electron chi connectivity index (χ1n) is 8.07. The van der Waals surface area contributed by atoms with Gasteiger partial charge in [0, 0.05) is 18.9 Å². The maximum Gasteiger partial charge on any atom is 0.289 e. The molecule has 1 aromatic carbocycles. The molecular formula is C16H19F2N3O2S3. The van der Waals surface area contributed by atoms with Crippen LogP contribution in [0, 0.1) is 0 Å². The molecule has 0 saturated carbocycles. The number of halogens is 2. The van der Waals surface area contributed by atoms with Gasteiger partial charge in [-0.2, -0.15) is 8.78 Å². The molecule has 0 spiro atoms. The van der Waals surface area contributed by atoms with Gasteiger partial charge in [-0.15, -0.1) is 10.2 Å². The Kier molecular flexibility index (Phi) is 7.35. The van der Waals surface area contributed by atoms with Crippen LogP contribution in [0.5, 0.6) is 5.75 Å². The first kappa shape index (κ1) is 19.7. The molecule has 1 atom stereocenters. The Morgan fingerprint density at radius 1 is 1.42 bits per heavy atom. The minimum absolute atomic E-state index is 0.257. The van der Waals surface area contributed by atoms with Crippen LogP contribution in [0.1, 0.15) is 18.4 Å². The van der Waals surface area contributed by atoms with Crippen LogP contribution < -0.4 is 10.1 Å². The molecule has 1 aliphatic rings. The van der Waals surface area contributed by atoms with Crippen LogP contribution in [0.3, 0.4) is 0 Å². The summed E-state index contributed by atoms with van der Waals surface area (Å²) in [5.41, 5.74) is 0.981. The fourth-order valence-electron chi connectivity index (χ4n) is 2.49. The van der Waals surface area contributed by atoms with Gasteiger partial charge >= 0.3 is 0 Å². The maximum atomic E-state index is 12.5. The van der Waals surface area contributed by atoms with Crippen LogP contribution in [0.15, 0.2) is 27.4 Å². The average Bonchev–Trinajstić information content (AvgIpc) is 3.30. The molecule has 0 amide bonds. The topological polar surface area (TPSA) is 56.3 Å². The number of thioether (sulfide) groups is 2. The summed E-state index contributed by atoms with van der Waals surface area (Å²) in [5.74, 6) is -1.34. The Morgan fingerprint density at radius 3 is 3.04 bits per heavy atom. The number of anilines is 1. The van der Waals surface area contributed by atoms with Gasteiger partial charge in [-0.05, 0) is 30.5 Å². The summed E-state index contributed by atoms with van der Waals surface area (Å²) in [6, 6.07) is 5.29. The molecule has 142 valence electrons. The number of alkyl halides is 2. The lowest BCUT2D eigenvalue weighted by atomic mass is 10.2. The van der Waals surface area contributed by atoms with Crippen molar-refractivity contribution in [3.8, 4) is 5.75 Å². The fraction of sp³-hybridized carbons (Fsp3) is 0.500. The van der Waals surface area contributed by atoms with Crippen molar-refractivity contribution in [3.05, 3.63) is 23.8 Å². The third-order valence-electron chi connectivity index (χ3n) is 3.72. The van der Waals surface area contributed by atoms with Crippen LogP contribution in [0.4, 0.5) is 13.9 Å². The molecule has 2 aromatic rings. The molecule has 10 heteroatoms. The smallest absolute Gasteiger partial charge is 0.289 e. The van der Waals surface area contributed by atoms with Gasteiger partial charge in [0.25, 0.3) is 5.76 Å². The van der Waals surface area contributed by atoms with Gasteiger partial charge in [-0.25, -0.2) is 0 Å². The number of nitrogens with zero attached hydrogens (tertiary/aromatic N) is 2. The number of benzene rings is 1. The van der Waals surface area contributed by atoms with E-state index in [0.717, 1.165) is 41.0 Å². The van der Waals surface area contributed by atoms with Crippen molar-refractivity contribution in [1.82, 2.24) is 10.2 Å². The summed E-state index contributed by atoms with van der Waals surface area (Å²) in [7, 11) is 1.48. The van der Waals surface area contributed by atoms with E-state index >= 15 is 0 Å². The Bertz CT molecular complexity index is 712. The summed E-state index contributed by atoms with van der Waals surface area (Å²) in [6.45, 7) is 1.58. The molecule has 5 nitrogen and oxygen atoms in total. The summed E-state index contributed by atoms with van der Waals surface area (Å²) in [4.78, 5) is 0.438. The lowest BCUT2D eigenvalue weighted by Gasteiger charge is -2.09. The fourth-order valence-corrected chi connectivity index (χ4v) is 4.78. The van der Waals surface area contributed by atoms with Crippen molar-refractivity contribution in [2.45, 2.75) is 39.7 Å². The van der Waals surface area contributed by atoms with Crippen LogP contribution in [-0.2, 0) is 10.5 Å². The van der Waals surface area contributed by atoms with E-state index in [4.69, 9.17) is 9.47 Å². The summed E-state index contributed by atoms with van der Waals surface area (Å²) >= 11 is 3.54. The predicted octanol–water partition coefficient (Wildman–Crippen LogP) is 4.74. The lowest BCUT2D eigenvalue weighted by Crippen LogP contribution is -2.18. The Morgan fingerprint density at radius 2 is 2.31 bits per heavy atom. The summed E-state index contributed by atoms with van der Waals surface area (Å²) < 4.78 is 36.7. The van der Waals surface area contributed by atoms with Gasteiger partial charge in [0.15, 0.2) is 4.34 Å². The minimum atomic E-state index is -2.47. The number of methoxy groups -OCH3 is 1. The number of hydrogen-bond acceptors (Lipinski definition) is 8. The van der Waals surface area contributed by atoms with Crippen molar-refractivity contribution >= 4 is 40.0 Å². The monoisotopic (exact) mass is 419 g/mol. The third kappa shape index (κ3) is 5.70. The molecule has 1 aliphatic heterocycles. The molecule has 1 saturated heterocycles. The van der Waals surface area contributed by atoms with Crippen molar-refractivity contribution in [1.29, 1.82) is 0 Å². The second-order valence-corrected chi connectivity index (χ2v) is 8.77. The number of hydrogen-bond donors (Lipinski definition) is 1. The van der Waals surface area contributed by atoms with Crippen molar-refractivity contribution in [2.75, 3.05) is 25.6 Å². The van der Waals surface area contributed by atoms with E-state index in [-0.39, 0.29) is 6.10 Å². The third-order valence-corrected chi connectivity index (χ3v) is 6.57. The largest absolute Gasteiger partial charge is 0.496 e. The normalized spacial score (nSPS) is 17.0. The molecule has 1 aromatic heterocycles. The SMILES string of the molecule is COc1cc(CSc2nnc(NCC3CCCO3)s2)ccc1SC(F)F. The van der Waals surface area contributed by atoms with Crippen molar-refractivity contribution in [3.63, 3.8) is 0 Å². The van der Waals surface area contributed by atoms with E-state index in [1.807, 2.05) is 6.07 Å². The lowest BCUT2D eigenvalue weighted by molar-refractivity contribution is 0.120. The van der Waals surface area contributed by atoms with Gasteiger partial charge < -0.3 is 14.8 Å². The predicted molar refractivity (Wildman–Crippen MR) is 102 cm³/mol. The van der Waals surface area contributed by atoms with Crippen molar-refractivity contribution in [2.24, 2.45) is 0 Å². The highest BCUT2D eigenvalue weighted by atomic mass is 32.2. The molecule has 1 N–H and O–H groups in total. The Balaban J connectivity index is 1.52. The highest BCUT2D eigenvalue weighted by molar-refractivity contribution is 8.00. The van der Waals surface area contributed by atoms with Crippen LogP contribution in [0.2, 0.25) is 0 Å². The van der Waals surface area contributed by atoms with Gasteiger partial charge in [-0.1, -0.05) is 40.9 Å². The quantitative estimate of drug-likeness (QED) is 0.589. The van der Waals surface area contributed by atoms with Crippen LogP contribution in [-0.4, -0.2) is 42.3 Å². The first-order chi connectivity index (χ1) is 12.6. The maximum absolute atomic E-state index is 12.5. The average molecular weight is 420 g/mol. The highest BCUT2D eigenvalue weighted by Crippen LogP contribution is 2.36. The Hall–Kier alpha value is -1.10. The first-order valence-corrected chi connectivity index (χ1v) is 10.8. The Labute approximate surface area is 163 Å². The van der Waals surface area contributed by atoms with Gasteiger partial charge in [0.1, 0.15) is 5.75 Å². The van der Waals surface area contributed by atoms with Gasteiger partial charge in [-0.3, -0.25) is 0 Å². The van der Waals surface area contributed by atoms with E-state index < -0.39 is 5.76 Å². The second kappa shape index (κ2) is 9.72. The van der Waals surface area contributed by atoms with Gasteiger partial charge in [0.2, 0.25) is 5.13 Å². The number of nitrogens with one attached hydrogen (secondary N) is 1. The zero-order chi connectivity index (χ0) is 18.4. The molecule has 1 unspecified atom stereocenters. The highest BCUT2D eigenvalue weighted by Gasteiger charge is 2.16. The number of ether oxygens (including phenoxy) is 2. The standard InChI is InChI=1S/C16H19F2N3O2S3/c1-22-12-7-10(4-5-13(12)25-14(17)18)9-24-16-21-20-15(26-16)19-8-11-3-2-6-23-11/h4-5,7,11,14H,2-3,6,8-9H2,1H3,(H,19,20). The van der Waals surface area contributed by atoms with Gasteiger partial charge in [0.05, 0.1) is 18.1 Å². The number of rotatable bonds is 9. The second-order valence-electron chi connectivity index (χ2n) is 5.54. The van der Waals surface area contributed by atoms with Crippen LogP contribution >= 0.6 is 34.9 Å². The summed E-state index contributed by atoms with van der Waals surface area (Å²) in [6.07, 6.45) is 2.45. The van der Waals surface area contributed by atoms with E-state index in [1.165, 1.54) is 18.4 Å². The molecular weight excluding hydrogens is 400 g/mol. The van der Waals surface area contributed by atoms with Crippen LogP contribution in [0.25, 0.3) is 0 Å². The molecule has 1 fully saturated rings. The molecule has 0 bridgehead atoms. The molecule has 0 aliphatic carbocycles. The van der Waals surface area contributed by atoms with E-state index in [9.17, 15) is 8.78 Å². The zero-order valence-corrected chi connectivity index (χ0v) is 16.6. The van der Waals surface area contributed by atoms with E-state index in [2.05, 4.69) is 15.5 Å². The van der Waals surface area contributed by atoms with E-state index in [1.54, 1.807) is 23.9 Å². The van der Waals surface area contributed by atoms with Crippen molar-refractivity contribution < 1.29 is 18.3 Å². The minimum Gasteiger partial charge on any atom is -0.496 e.